The minimum atomic E-state index is -1.10. The van der Waals surface area contributed by atoms with Crippen LogP contribution in [0, 0.1) is 0 Å². The highest BCUT2D eigenvalue weighted by molar-refractivity contribution is 5.72. The lowest BCUT2D eigenvalue weighted by molar-refractivity contribution is 0.111. The molecule has 1 rings (SSSR count). The summed E-state index contributed by atoms with van der Waals surface area (Å²) in [6.45, 7) is 3.48. The Bertz CT molecular complexity index is 280. The predicted octanol–water partition coefficient (Wildman–Crippen LogP) is 1.82. The van der Waals surface area contributed by atoms with Gasteiger partial charge in [0.1, 0.15) is 6.17 Å². The van der Waals surface area contributed by atoms with Gasteiger partial charge < -0.3 is 4.57 Å². The van der Waals surface area contributed by atoms with E-state index in [0.717, 1.165) is 0 Å². The van der Waals surface area contributed by atoms with Gasteiger partial charge in [0.25, 0.3) is 0 Å². The number of hydrogen-bond donors (Lipinski definition) is 0. The maximum atomic E-state index is 12.8. The van der Waals surface area contributed by atoms with Gasteiger partial charge in [-0.25, -0.2) is 4.39 Å². The van der Waals surface area contributed by atoms with E-state index in [1.807, 2.05) is 0 Å². The zero-order chi connectivity index (χ0) is 8.97. The highest BCUT2D eigenvalue weighted by Crippen LogP contribution is 2.03. The minimum absolute atomic E-state index is 0.157. The van der Waals surface area contributed by atoms with Crippen LogP contribution in [-0.4, -0.2) is 17.0 Å². The molecule has 1 heterocycles. The molecule has 1 aromatic heterocycles. The summed E-state index contributed by atoms with van der Waals surface area (Å²) in [5.74, 6) is 0. The Morgan fingerprint density at radius 2 is 2.50 bits per heavy atom. The van der Waals surface area contributed by atoms with Crippen molar-refractivity contribution in [2.45, 2.75) is 12.7 Å². The molecule has 0 aliphatic carbocycles. The predicted molar refractivity (Wildman–Crippen MR) is 44.9 cm³/mol. The van der Waals surface area contributed by atoms with Crippen LogP contribution in [0.5, 0.6) is 0 Å². The van der Waals surface area contributed by atoms with Crippen molar-refractivity contribution in [1.82, 2.24) is 4.57 Å². The maximum absolute atomic E-state index is 12.8. The van der Waals surface area contributed by atoms with Crippen LogP contribution in [0.2, 0.25) is 0 Å². The molecule has 0 saturated heterocycles. The van der Waals surface area contributed by atoms with Crippen molar-refractivity contribution >= 4 is 6.29 Å². The first-order valence-electron chi connectivity index (χ1n) is 3.65. The van der Waals surface area contributed by atoms with Crippen molar-refractivity contribution in [1.29, 1.82) is 0 Å². The number of alkyl halides is 1. The molecule has 0 unspecified atom stereocenters. The molecule has 0 saturated carbocycles. The van der Waals surface area contributed by atoms with Gasteiger partial charge in [-0.05, 0) is 12.1 Å². The van der Waals surface area contributed by atoms with Crippen LogP contribution in [0.3, 0.4) is 0 Å². The Labute approximate surface area is 70.3 Å². The first kappa shape index (κ1) is 8.71. The summed E-state index contributed by atoms with van der Waals surface area (Å²) >= 11 is 0. The number of nitrogens with zero attached hydrogens (tertiary/aromatic N) is 1. The van der Waals surface area contributed by atoms with Crippen molar-refractivity contribution in [2.75, 3.05) is 0 Å². The monoisotopic (exact) mass is 167 g/mol. The van der Waals surface area contributed by atoms with E-state index in [4.69, 9.17) is 0 Å². The van der Waals surface area contributed by atoms with E-state index >= 15 is 0 Å². The van der Waals surface area contributed by atoms with Gasteiger partial charge in [-0.15, -0.1) is 6.58 Å². The van der Waals surface area contributed by atoms with E-state index in [-0.39, 0.29) is 6.54 Å². The van der Waals surface area contributed by atoms with Crippen LogP contribution < -0.4 is 0 Å². The van der Waals surface area contributed by atoms with Crippen LogP contribution in [0.1, 0.15) is 10.5 Å². The second-order valence-electron chi connectivity index (χ2n) is 2.45. The van der Waals surface area contributed by atoms with Crippen molar-refractivity contribution in [3.8, 4) is 0 Å². The first-order chi connectivity index (χ1) is 5.77. The molecule has 1 atom stereocenters. The fourth-order valence-electron chi connectivity index (χ4n) is 0.963. The number of hydrogen-bond acceptors (Lipinski definition) is 1. The van der Waals surface area contributed by atoms with E-state index in [0.29, 0.717) is 12.0 Å². The molecule has 0 bridgehead atoms. The standard InChI is InChI=1S/C9H10FNO/c1-2-8(10)6-11-5-3-4-9(11)7-12/h2-5,7-8H,1,6H2/t8-/m1/s1. The van der Waals surface area contributed by atoms with Crippen molar-refractivity contribution < 1.29 is 9.18 Å². The normalized spacial score (nSPS) is 12.4. The lowest BCUT2D eigenvalue weighted by Gasteiger charge is -2.05. The second kappa shape index (κ2) is 3.85. The van der Waals surface area contributed by atoms with Crippen molar-refractivity contribution in [2.24, 2.45) is 0 Å². The van der Waals surface area contributed by atoms with Crippen molar-refractivity contribution in [3.05, 3.63) is 36.7 Å². The molecule has 12 heavy (non-hydrogen) atoms. The van der Waals surface area contributed by atoms with Gasteiger partial charge >= 0.3 is 0 Å². The van der Waals surface area contributed by atoms with Crippen LogP contribution in [0.4, 0.5) is 4.39 Å². The number of halogens is 1. The molecular formula is C9H10FNO. The molecule has 0 aliphatic heterocycles. The minimum Gasteiger partial charge on any atom is -0.342 e. The number of rotatable bonds is 4. The molecule has 0 aliphatic rings. The number of aromatic nitrogens is 1. The summed E-state index contributed by atoms with van der Waals surface area (Å²) < 4.78 is 14.3. The van der Waals surface area contributed by atoms with Gasteiger partial charge in [0.05, 0.1) is 12.2 Å². The fourth-order valence-corrected chi connectivity index (χ4v) is 0.963. The topological polar surface area (TPSA) is 22.0 Å². The molecule has 64 valence electrons. The number of carbonyl (C=O) groups is 1. The van der Waals surface area contributed by atoms with E-state index in [1.54, 1.807) is 22.9 Å². The molecule has 0 aromatic carbocycles. The number of allylic oxidation sites excluding steroid dienone is 1. The maximum Gasteiger partial charge on any atom is 0.166 e. The summed E-state index contributed by atoms with van der Waals surface area (Å²) in [4.78, 5) is 10.4. The Balaban J connectivity index is 2.73. The molecule has 0 N–H and O–H groups in total. The lowest BCUT2D eigenvalue weighted by Crippen LogP contribution is -2.09. The van der Waals surface area contributed by atoms with E-state index < -0.39 is 6.17 Å². The van der Waals surface area contributed by atoms with Crippen LogP contribution in [0.15, 0.2) is 31.0 Å². The third-order valence-electron chi connectivity index (χ3n) is 1.61. The summed E-state index contributed by atoms with van der Waals surface area (Å²) in [7, 11) is 0. The van der Waals surface area contributed by atoms with E-state index in [1.165, 1.54) is 6.08 Å². The Morgan fingerprint density at radius 3 is 3.08 bits per heavy atom. The Hall–Kier alpha value is -1.38. The van der Waals surface area contributed by atoms with Crippen LogP contribution >= 0.6 is 0 Å². The molecule has 2 nitrogen and oxygen atoms in total. The van der Waals surface area contributed by atoms with Gasteiger partial charge in [0.15, 0.2) is 6.29 Å². The zero-order valence-corrected chi connectivity index (χ0v) is 6.61. The molecule has 0 spiro atoms. The summed E-state index contributed by atoms with van der Waals surface area (Å²) in [6.07, 6.45) is 2.49. The quantitative estimate of drug-likeness (QED) is 0.495. The summed E-state index contributed by atoms with van der Waals surface area (Å²) in [5.41, 5.74) is 0.486. The highest BCUT2D eigenvalue weighted by Gasteiger charge is 2.04. The average molecular weight is 167 g/mol. The van der Waals surface area contributed by atoms with Gasteiger partial charge in [0, 0.05) is 6.20 Å². The van der Waals surface area contributed by atoms with Gasteiger partial charge in [0.2, 0.25) is 0 Å². The third-order valence-corrected chi connectivity index (χ3v) is 1.61. The number of carbonyl (C=O) groups excluding carboxylic acids is 1. The SMILES string of the molecule is C=C[C@@H](F)Cn1cccc1C=O. The molecule has 0 fully saturated rings. The van der Waals surface area contributed by atoms with Gasteiger partial charge in [-0.1, -0.05) is 6.08 Å². The molecule has 3 heteroatoms. The Kier molecular flexibility index (Phi) is 2.80. The molecule has 0 radical (unpaired) electrons. The largest absolute Gasteiger partial charge is 0.342 e. The fraction of sp³-hybridized carbons (Fsp3) is 0.222. The summed E-state index contributed by atoms with van der Waals surface area (Å²) in [5, 5.41) is 0. The smallest absolute Gasteiger partial charge is 0.166 e. The average Bonchev–Trinajstić information content (AvgIpc) is 2.51. The van der Waals surface area contributed by atoms with Crippen molar-refractivity contribution in [3.63, 3.8) is 0 Å². The molecule has 0 amide bonds. The molecular weight excluding hydrogens is 157 g/mol. The van der Waals surface area contributed by atoms with E-state index in [2.05, 4.69) is 6.58 Å². The third kappa shape index (κ3) is 1.81. The van der Waals surface area contributed by atoms with Gasteiger partial charge in [-0.3, -0.25) is 4.79 Å². The second-order valence-corrected chi connectivity index (χ2v) is 2.45. The van der Waals surface area contributed by atoms with E-state index in [9.17, 15) is 9.18 Å². The Morgan fingerprint density at radius 1 is 1.75 bits per heavy atom. The zero-order valence-electron chi connectivity index (χ0n) is 6.61. The lowest BCUT2D eigenvalue weighted by atomic mass is 10.3. The van der Waals surface area contributed by atoms with Crippen LogP contribution in [0.25, 0.3) is 0 Å². The highest BCUT2D eigenvalue weighted by atomic mass is 19.1. The summed E-state index contributed by atoms with van der Waals surface area (Å²) in [6, 6.07) is 3.35. The number of aldehydes is 1. The van der Waals surface area contributed by atoms with Crippen LogP contribution in [-0.2, 0) is 6.54 Å². The first-order valence-corrected chi connectivity index (χ1v) is 3.65. The molecule has 1 aromatic rings. The van der Waals surface area contributed by atoms with Gasteiger partial charge in [-0.2, -0.15) is 0 Å².